The predicted molar refractivity (Wildman–Crippen MR) is 112 cm³/mol. The van der Waals surface area contributed by atoms with Gasteiger partial charge in [0.15, 0.2) is 0 Å². The highest BCUT2D eigenvalue weighted by atomic mass is 28.4. The molecule has 26 heavy (non-hydrogen) atoms. The molecule has 0 rings (SSSR count). The first-order valence-corrected chi connectivity index (χ1v) is 12.5. The van der Waals surface area contributed by atoms with E-state index in [-0.39, 0.29) is 0 Å². The summed E-state index contributed by atoms with van der Waals surface area (Å²) in [4.78, 5) is 0. The van der Waals surface area contributed by atoms with Gasteiger partial charge >= 0.3 is 9.05 Å². The number of unbranched alkanes of at least 4 members (excludes halogenated alkanes) is 9. The summed E-state index contributed by atoms with van der Waals surface area (Å²) in [5, 5.41) is 0. The van der Waals surface area contributed by atoms with Gasteiger partial charge in [-0.2, -0.15) is 0 Å². The average molecular weight is 389 g/mol. The fourth-order valence-corrected chi connectivity index (χ4v) is 4.59. The summed E-state index contributed by atoms with van der Waals surface area (Å²) in [6.07, 6.45) is 15.7. The topological polar surface area (TPSA) is 36.9 Å². The average Bonchev–Trinajstić information content (AvgIpc) is 2.65. The van der Waals surface area contributed by atoms with Gasteiger partial charge in [0.25, 0.3) is 0 Å². The summed E-state index contributed by atoms with van der Waals surface area (Å²) in [5.41, 5.74) is 0. The maximum Gasteiger partial charge on any atom is 0.680 e. The van der Waals surface area contributed by atoms with Crippen LogP contribution in [-0.4, -0.2) is 35.5 Å². The molecule has 0 fully saturated rings. The molecule has 0 spiro atoms. The first kappa shape index (κ1) is 25.8. The van der Waals surface area contributed by atoms with Crippen LogP contribution in [0.2, 0.25) is 0 Å². The molecule has 0 unspecified atom stereocenters. The van der Waals surface area contributed by atoms with Crippen molar-refractivity contribution in [1.82, 2.24) is 0 Å². The zero-order chi connectivity index (χ0) is 19.3. The van der Waals surface area contributed by atoms with Crippen LogP contribution in [0.3, 0.4) is 0 Å². The smallest absolute Gasteiger partial charge is 0.351 e. The van der Waals surface area contributed by atoms with E-state index >= 15 is 0 Å². The van der Waals surface area contributed by atoms with Crippen LogP contribution in [0.5, 0.6) is 0 Å². The maximum absolute atomic E-state index is 6.12. The summed E-state index contributed by atoms with van der Waals surface area (Å²) in [6, 6.07) is 0. The summed E-state index contributed by atoms with van der Waals surface area (Å²) in [6.45, 7) is 12.7. The molecule has 0 saturated heterocycles. The van der Waals surface area contributed by atoms with Crippen molar-refractivity contribution in [2.24, 2.45) is 0 Å². The molecule has 0 aromatic rings. The second kappa shape index (κ2) is 19.6. The highest BCUT2D eigenvalue weighted by Gasteiger charge is 2.45. The quantitative estimate of drug-likeness (QED) is 0.129. The summed E-state index contributed by atoms with van der Waals surface area (Å²) >= 11 is 0. The Morgan fingerprint density at radius 1 is 0.577 bits per heavy atom. The Labute approximate surface area is 164 Å². The summed E-state index contributed by atoms with van der Waals surface area (Å²) in [5.74, 6) is 0. The highest BCUT2D eigenvalue weighted by molar-refractivity contribution is 6.53. The van der Waals surface area contributed by atoms with Gasteiger partial charge in [-0.25, -0.2) is 0 Å². The highest BCUT2D eigenvalue weighted by Crippen LogP contribution is 2.16. The van der Waals surface area contributed by atoms with E-state index in [0.29, 0.717) is 26.4 Å². The van der Waals surface area contributed by atoms with Crippen LogP contribution in [0, 0.1) is 0 Å². The van der Waals surface area contributed by atoms with E-state index in [4.69, 9.17) is 17.7 Å². The Morgan fingerprint density at radius 3 is 1.27 bits per heavy atom. The van der Waals surface area contributed by atoms with Crippen molar-refractivity contribution >= 4 is 9.05 Å². The molecular weight excluding hydrogens is 344 g/mol. The zero-order valence-electron chi connectivity index (χ0n) is 17.7. The SMILES string of the molecule is C=CCO[Si](OCCCCCC)(OCCCCCC)OCCCCCC. The van der Waals surface area contributed by atoms with Crippen LogP contribution >= 0.6 is 0 Å². The Kier molecular flexibility index (Phi) is 19.4. The van der Waals surface area contributed by atoms with Crippen LogP contribution < -0.4 is 0 Å². The molecule has 4 nitrogen and oxygen atoms in total. The molecule has 0 bridgehead atoms. The van der Waals surface area contributed by atoms with Crippen molar-refractivity contribution in [3.05, 3.63) is 12.7 Å². The molecule has 0 aromatic heterocycles. The van der Waals surface area contributed by atoms with Crippen molar-refractivity contribution in [3.8, 4) is 0 Å². The van der Waals surface area contributed by atoms with E-state index in [1.807, 2.05) is 0 Å². The van der Waals surface area contributed by atoms with Crippen LogP contribution in [0.1, 0.15) is 97.8 Å². The lowest BCUT2D eigenvalue weighted by Gasteiger charge is -2.28. The van der Waals surface area contributed by atoms with Crippen LogP contribution in [-0.2, 0) is 17.7 Å². The van der Waals surface area contributed by atoms with Gasteiger partial charge in [0.05, 0.1) is 6.61 Å². The number of rotatable bonds is 21. The normalized spacial score (nSPS) is 11.8. The van der Waals surface area contributed by atoms with Crippen LogP contribution in [0.4, 0.5) is 0 Å². The number of hydrogen-bond donors (Lipinski definition) is 0. The molecular formula is C21H44O4Si. The van der Waals surface area contributed by atoms with Crippen LogP contribution in [0.25, 0.3) is 0 Å². The maximum atomic E-state index is 6.12. The van der Waals surface area contributed by atoms with Crippen LogP contribution in [0.15, 0.2) is 12.7 Å². The van der Waals surface area contributed by atoms with E-state index in [0.717, 1.165) is 19.3 Å². The molecule has 0 aliphatic rings. The van der Waals surface area contributed by atoms with E-state index in [1.165, 1.54) is 57.8 Å². The van der Waals surface area contributed by atoms with E-state index in [2.05, 4.69) is 27.4 Å². The molecule has 0 atom stereocenters. The summed E-state index contributed by atoms with van der Waals surface area (Å²) in [7, 11) is -3.07. The van der Waals surface area contributed by atoms with Crippen molar-refractivity contribution in [3.63, 3.8) is 0 Å². The second-order valence-electron chi connectivity index (χ2n) is 6.83. The molecule has 156 valence electrons. The lowest BCUT2D eigenvalue weighted by molar-refractivity contribution is -0.0315. The van der Waals surface area contributed by atoms with E-state index in [1.54, 1.807) is 6.08 Å². The van der Waals surface area contributed by atoms with E-state index < -0.39 is 9.05 Å². The standard InChI is InChI=1S/C21H44O4Si/c1-5-9-12-15-19-23-26(22-18-8-4,24-20-16-13-10-6-2)25-21-17-14-11-7-3/h8H,4-7,9-21H2,1-3H3. The van der Waals surface area contributed by atoms with Crippen molar-refractivity contribution in [2.75, 3.05) is 26.4 Å². The molecule has 5 heteroatoms. The fourth-order valence-electron chi connectivity index (χ4n) is 2.59. The minimum Gasteiger partial charge on any atom is -0.351 e. The Balaban J connectivity index is 4.55. The van der Waals surface area contributed by atoms with Crippen molar-refractivity contribution < 1.29 is 17.7 Å². The first-order valence-electron chi connectivity index (χ1n) is 10.9. The van der Waals surface area contributed by atoms with Crippen molar-refractivity contribution in [1.29, 1.82) is 0 Å². The van der Waals surface area contributed by atoms with Gasteiger partial charge in [-0.05, 0) is 19.3 Å². The molecule has 0 amide bonds. The minimum absolute atomic E-state index is 0.408. The van der Waals surface area contributed by atoms with Crippen molar-refractivity contribution in [2.45, 2.75) is 97.8 Å². The molecule has 0 aliphatic carbocycles. The van der Waals surface area contributed by atoms with Gasteiger partial charge in [-0.3, -0.25) is 0 Å². The third-order valence-corrected chi connectivity index (χ3v) is 6.40. The fraction of sp³-hybridized carbons (Fsp3) is 0.905. The van der Waals surface area contributed by atoms with Gasteiger partial charge in [0.1, 0.15) is 0 Å². The van der Waals surface area contributed by atoms with Gasteiger partial charge in [-0.1, -0.05) is 84.6 Å². The third kappa shape index (κ3) is 14.9. The largest absolute Gasteiger partial charge is 0.680 e. The molecule has 0 N–H and O–H groups in total. The molecule has 0 saturated carbocycles. The Morgan fingerprint density at radius 2 is 0.962 bits per heavy atom. The van der Waals surface area contributed by atoms with E-state index in [9.17, 15) is 0 Å². The van der Waals surface area contributed by atoms with Gasteiger partial charge in [0.2, 0.25) is 0 Å². The monoisotopic (exact) mass is 388 g/mol. The minimum atomic E-state index is -3.07. The van der Waals surface area contributed by atoms with Gasteiger partial charge in [-0.15, -0.1) is 6.58 Å². The molecule has 0 aliphatic heterocycles. The van der Waals surface area contributed by atoms with Gasteiger partial charge < -0.3 is 17.7 Å². The number of hydrogen-bond acceptors (Lipinski definition) is 4. The Hall–Kier alpha value is -0.203. The second-order valence-corrected chi connectivity index (χ2v) is 8.98. The molecule has 0 radical (unpaired) electrons. The van der Waals surface area contributed by atoms with Gasteiger partial charge in [0, 0.05) is 19.8 Å². The molecule has 0 aromatic carbocycles. The zero-order valence-corrected chi connectivity index (χ0v) is 18.7. The lowest BCUT2D eigenvalue weighted by atomic mass is 10.2. The predicted octanol–water partition coefficient (Wildman–Crippen LogP) is 6.42. The Bertz CT molecular complexity index is 264. The third-order valence-electron chi connectivity index (χ3n) is 4.21. The molecule has 0 heterocycles. The summed E-state index contributed by atoms with van der Waals surface area (Å²) < 4.78 is 24.3. The lowest BCUT2D eigenvalue weighted by Crippen LogP contribution is -2.50. The first-order chi connectivity index (χ1) is 12.7.